The summed E-state index contributed by atoms with van der Waals surface area (Å²) in [7, 11) is 3.27. The summed E-state index contributed by atoms with van der Waals surface area (Å²) in [5.41, 5.74) is 0.105. The minimum absolute atomic E-state index is 0.0607. The van der Waals surface area contributed by atoms with Gasteiger partial charge in [-0.05, 0) is 11.5 Å². The van der Waals surface area contributed by atoms with Gasteiger partial charge in [0.05, 0.1) is 6.10 Å². The maximum Gasteiger partial charge on any atom is 0.251 e. The van der Waals surface area contributed by atoms with Crippen LogP contribution in [0.4, 0.5) is 0 Å². The van der Waals surface area contributed by atoms with Crippen molar-refractivity contribution in [1.82, 2.24) is 9.88 Å². The van der Waals surface area contributed by atoms with E-state index in [9.17, 15) is 9.59 Å². The molecule has 5 nitrogen and oxygen atoms in total. The first-order valence-electron chi connectivity index (χ1n) is 6.23. The summed E-state index contributed by atoms with van der Waals surface area (Å²) in [6, 6.07) is 2.95. The summed E-state index contributed by atoms with van der Waals surface area (Å²) in [5.74, 6) is -0.260. The number of methoxy groups -OCH3 is 1. The number of amides is 1. The molecule has 1 heterocycles. The summed E-state index contributed by atoms with van der Waals surface area (Å²) in [5, 5.41) is 2.79. The second-order valence-corrected chi connectivity index (χ2v) is 5.66. The van der Waals surface area contributed by atoms with Gasteiger partial charge < -0.3 is 14.6 Å². The molecule has 0 fully saturated rings. The third-order valence-corrected chi connectivity index (χ3v) is 3.06. The Kier molecular flexibility index (Phi) is 4.89. The molecule has 106 valence electrons. The van der Waals surface area contributed by atoms with Gasteiger partial charge in [-0.1, -0.05) is 20.8 Å². The van der Waals surface area contributed by atoms with E-state index in [1.165, 1.54) is 10.6 Å². The molecule has 0 aliphatic carbocycles. The minimum Gasteiger partial charge on any atom is -0.379 e. The molecule has 0 saturated heterocycles. The van der Waals surface area contributed by atoms with Crippen LogP contribution in [0.3, 0.4) is 0 Å². The summed E-state index contributed by atoms with van der Waals surface area (Å²) >= 11 is 0. The van der Waals surface area contributed by atoms with Crippen molar-refractivity contribution in [2.24, 2.45) is 12.5 Å². The fourth-order valence-corrected chi connectivity index (χ4v) is 1.72. The van der Waals surface area contributed by atoms with Gasteiger partial charge in [0.15, 0.2) is 0 Å². The van der Waals surface area contributed by atoms with Gasteiger partial charge >= 0.3 is 0 Å². The number of carbonyl (C=O) groups is 1. The largest absolute Gasteiger partial charge is 0.379 e. The van der Waals surface area contributed by atoms with Crippen LogP contribution in [0.2, 0.25) is 0 Å². The van der Waals surface area contributed by atoms with Gasteiger partial charge in [0.1, 0.15) is 0 Å². The molecular formula is C14H22N2O3. The van der Waals surface area contributed by atoms with Crippen molar-refractivity contribution in [3.05, 3.63) is 34.2 Å². The second-order valence-electron chi connectivity index (χ2n) is 5.66. The highest BCUT2D eigenvalue weighted by molar-refractivity contribution is 5.93. The highest BCUT2D eigenvalue weighted by Gasteiger charge is 2.24. The van der Waals surface area contributed by atoms with Gasteiger partial charge in [-0.2, -0.15) is 0 Å². The Morgan fingerprint density at radius 2 is 2.11 bits per heavy atom. The number of ether oxygens (including phenoxy) is 1. The number of aryl methyl sites for hydroxylation is 1. The molecule has 5 heteroatoms. The van der Waals surface area contributed by atoms with E-state index >= 15 is 0 Å². The van der Waals surface area contributed by atoms with Gasteiger partial charge in [-0.25, -0.2) is 0 Å². The summed E-state index contributed by atoms with van der Waals surface area (Å²) in [6.45, 7) is 6.55. The number of nitrogens with one attached hydrogen (secondary N) is 1. The van der Waals surface area contributed by atoms with Crippen molar-refractivity contribution in [2.45, 2.75) is 26.9 Å². The van der Waals surface area contributed by atoms with Crippen molar-refractivity contribution in [3.63, 3.8) is 0 Å². The monoisotopic (exact) mass is 266 g/mol. The van der Waals surface area contributed by atoms with Crippen LogP contribution in [-0.4, -0.2) is 30.2 Å². The lowest BCUT2D eigenvalue weighted by molar-refractivity contribution is 0.0176. The lowest BCUT2D eigenvalue weighted by Gasteiger charge is -2.29. The highest BCUT2D eigenvalue weighted by Crippen LogP contribution is 2.20. The Bertz CT molecular complexity index is 500. The first-order valence-corrected chi connectivity index (χ1v) is 6.23. The van der Waals surface area contributed by atoms with E-state index < -0.39 is 0 Å². The zero-order chi connectivity index (χ0) is 14.6. The fraction of sp³-hybridized carbons (Fsp3) is 0.571. The Labute approximate surface area is 113 Å². The molecule has 1 rings (SSSR count). The number of pyridine rings is 1. The summed E-state index contributed by atoms with van der Waals surface area (Å²) in [4.78, 5) is 23.4. The zero-order valence-corrected chi connectivity index (χ0v) is 12.2. The predicted molar refractivity (Wildman–Crippen MR) is 74.3 cm³/mol. The molecule has 0 saturated carbocycles. The van der Waals surface area contributed by atoms with Gasteiger partial charge in [0, 0.05) is 38.5 Å². The molecule has 1 N–H and O–H groups in total. The molecule has 1 amide bonds. The van der Waals surface area contributed by atoms with E-state index in [4.69, 9.17) is 4.74 Å². The maximum absolute atomic E-state index is 11.9. The normalized spacial score (nSPS) is 13.1. The van der Waals surface area contributed by atoms with Crippen LogP contribution in [-0.2, 0) is 11.8 Å². The minimum atomic E-state index is -0.260. The van der Waals surface area contributed by atoms with E-state index in [2.05, 4.69) is 5.32 Å². The third-order valence-electron chi connectivity index (χ3n) is 3.06. The van der Waals surface area contributed by atoms with Gasteiger partial charge in [-0.3, -0.25) is 9.59 Å². The number of nitrogens with zero attached hydrogens (tertiary/aromatic N) is 1. The third kappa shape index (κ3) is 4.21. The highest BCUT2D eigenvalue weighted by atomic mass is 16.5. The van der Waals surface area contributed by atoms with Crippen molar-refractivity contribution in [3.8, 4) is 0 Å². The molecule has 0 aliphatic heterocycles. The molecule has 0 bridgehead atoms. The zero-order valence-electron chi connectivity index (χ0n) is 12.2. The van der Waals surface area contributed by atoms with Crippen molar-refractivity contribution in [1.29, 1.82) is 0 Å². The Morgan fingerprint density at radius 3 is 2.58 bits per heavy atom. The van der Waals surface area contributed by atoms with E-state index in [-0.39, 0.29) is 23.0 Å². The van der Waals surface area contributed by atoms with E-state index in [1.807, 2.05) is 20.8 Å². The summed E-state index contributed by atoms with van der Waals surface area (Å²) in [6.07, 6.45) is 1.50. The SMILES string of the molecule is COC(CNC(=O)c1ccn(C)c(=O)c1)C(C)(C)C. The topological polar surface area (TPSA) is 60.3 Å². The Hall–Kier alpha value is -1.62. The van der Waals surface area contributed by atoms with E-state index in [1.54, 1.807) is 26.4 Å². The number of rotatable bonds is 4. The number of hydrogen-bond donors (Lipinski definition) is 1. The molecular weight excluding hydrogens is 244 g/mol. The van der Waals surface area contributed by atoms with E-state index in [0.717, 1.165) is 0 Å². The molecule has 0 aromatic carbocycles. The lowest BCUT2D eigenvalue weighted by Crippen LogP contribution is -2.40. The lowest BCUT2D eigenvalue weighted by atomic mass is 9.89. The van der Waals surface area contributed by atoms with Crippen LogP contribution in [0, 0.1) is 5.41 Å². The predicted octanol–water partition coefficient (Wildman–Crippen LogP) is 1.18. The standard InChI is InChI=1S/C14H22N2O3/c1-14(2,3)11(19-5)9-15-13(18)10-6-7-16(4)12(17)8-10/h6-8,11H,9H2,1-5H3,(H,15,18). The molecule has 0 spiro atoms. The number of hydrogen-bond acceptors (Lipinski definition) is 3. The Morgan fingerprint density at radius 1 is 1.47 bits per heavy atom. The smallest absolute Gasteiger partial charge is 0.251 e. The first kappa shape index (κ1) is 15.4. The average molecular weight is 266 g/mol. The second kappa shape index (κ2) is 6.02. The van der Waals surface area contributed by atoms with Crippen LogP contribution >= 0.6 is 0 Å². The fourth-order valence-electron chi connectivity index (χ4n) is 1.72. The van der Waals surface area contributed by atoms with Crippen molar-refractivity contribution >= 4 is 5.91 Å². The van der Waals surface area contributed by atoms with E-state index in [0.29, 0.717) is 12.1 Å². The molecule has 19 heavy (non-hydrogen) atoms. The molecule has 0 radical (unpaired) electrons. The van der Waals surface area contributed by atoms with Crippen LogP contribution < -0.4 is 10.9 Å². The average Bonchev–Trinajstić information content (AvgIpc) is 2.31. The van der Waals surface area contributed by atoms with Gasteiger partial charge in [-0.15, -0.1) is 0 Å². The van der Waals surface area contributed by atoms with Crippen LogP contribution in [0.25, 0.3) is 0 Å². The van der Waals surface area contributed by atoms with Crippen LogP contribution in [0.1, 0.15) is 31.1 Å². The molecule has 0 aliphatic rings. The van der Waals surface area contributed by atoms with Crippen molar-refractivity contribution in [2.75, 3.05) is 13.7 Å². The molecule has 1 aromatic rings. The van der Waals surface area contributed by atoms with Gasteiger partial charge in [0.2, 0.25) is 0 Å². The summed E-state index contributed by atoms with van der Waals surface area (Å²) < 4.78 is 6.78. The van der Waals surface area contributed by atoms with Crippen LogP contribution in [0.15, 0.2) is 23.1 Å². The number of carbonyl (C=O) groups excluding carboxylic acids is 1. The number of aromatic nitrogens is 1. The Balaban J connectivity index is 2.70. The molecule has 1 aromatic heterocycles. The van der Waals surface area contributed by atoms with Crippen molar-refractivity contribution < 1.29 is 9.53 Å². The van der Waals surface area contributed by atoms with Gasteiger partial charge in [0.25, 0.3) is 11.5 Å². The molecule has 1 unspecified atom stereocenters. The van der Waals surface area contributed by atoms with Crippen LogP contribution in [0.5, 0.6) is 0 Å². The first-order chi connectivity index (χ1) is 8.75. The molecule has 1 atom stereocenters. The quantitative estimate of drug-likeness (QED) is 0.890. The maximum atomic E-state index is 11.9.